The van der Waals surface area contributed by atoms with E-state index in [-0.39, 0.29) is 10.8 Å². The van der Waals surface area contributed by atoms with Gasteiger partial charge in [-0.15, -0.1) is 0 Å². The van der Waals surface area contributed by atoms with Crippen molar-refractivity contribution in [3.63, 3.8) is 0 Å². The van der Waals surface area contributed by atoms with Crippen LogP contribution in [0.4, 0.5) is 0 Å². The number of hydrogen-bond donors (Lipinski definition) is 0. The van der Waals surface area contributed by atoms with E-state index in [4.69, 9.17) is 0 Å². The first-order chi connectivity index (χ1) is 8.05. The highest BCUT2D eigenvalue weighted by Gasteiger charge is 2.21. The van der Waals surface area contributed by atoms with Gasteiger partial charge >= 0.3 is 0 Å². The molecule has 0 aliphatic rings. The van der Waals surface area contributed by atoms with Crippen LogP contribution < -0.4 is 0 Å². The van der Waals surface area contributed by atoms with Gasteiger partial charge in [0.1, 0.15) is 0 Å². The van der Waals surface area contributed by atoms with Crippen LogP contribution in [0.3, 0.4) is 0 Å². The second-order valence-corrected chi connectivity index (χ2v) is 7.65. The van der Waals surface area contributed by atoms with E-state index in [1.54, 1.807) is 0 Å². The van der Waals surface area contributed by atoms with E-state index in [0.29, 0.717) is 5.92 Å². The lowest BCUT2D eigenvalue weighted by atomic mass is 9.78. The molecular weight excluding hydrogens is 216 g/mol. The Hall–Kier alpha value is -0.780. The molecule has 1 atom stereocenters. The summed E-state index contributed by atoms with van der Waals surface area (Å²) >= 11 is 0. The standard InChI is InChI=1S/C18H30/c1-9-13(2)14-10-15(17(3,4)5)12-16(11-14)18(6,7)8/h10-13H,9H2,1-8H3/t13-/m0/s1. The van der Waals surface area contributed by atoms with Crippen molar-refractivity contribution in [2.75, 3.05) is 0 Å². The number of benzene rings is 1. The van der Waals surface area contributed by atoms with E-state index in [1.807, 2.05) is 0 Å². The Morgan fingerprint density at radius 3 is 1.50 bits per heavy atom. The quantitative estimate of drug-likeness (QED) is 0.619. The lowest BCUT2D eigenvalue weighted by Gasteiger charge is -2.27. The normalized spacial score (nSPS) is 14.7. The lowest BCUT2D eigenvalue weighted by Crippen LogP contribution is -2.17. The molecule has 0 aliphatic heterocycles. The number of hydrogen-bond acceptors (Lipinski definition) is 0. The molecular formula is C18H30. The van der Waals surface area contributed by atoms with Crippen LogP contribution in [0.25, 0.3) is 0 Å². The third kappa shape index (κ3) is 3.60. The Balaban J connectivity index is 3.39. The molecule has 1 rings (SSSR count). The molecule has 0 N–H and O–H groups in total. The molecule has 0 aliphatic carbocycles. The van der Waals surface area contributed by atoms with Gasteiger partial charge in [-0.25, -0.2) is 0 Å². The Morgan fingerprint density at radius 1 is 0.833 bits per heavy atom. The SMILES string of the molecule is CC[C@H](C)c1cc(C(C)(C)C)cc(C(C)(C)C)c1. The molecule has 0 saturated heterocycles. The summed E-state index contributed by atoms with van der Waals surface area (Å²) in [5.41, 5.74) is 4.87. The Labute approximate surface area is 114 Å². The first-order valence-corrected chi connectivity index (χ1v) is 7.21. The van der Waals surface area contributed by atoms with Crippen LogP contribution in [-0.2, 0) is 10.8 Å². The minimum absolute atomic E-state index is 0.226. The highest BCUT2D eigenvalue weighted by atomic mass is 14.3. The fourth-order valence-corrected chi connectivity index (χ4v) is 2.04. The van der Waals surface area contributed by atoms with Crippen molar-refractivity contribution in [3.8, 4) is 0 Å². The first kappa shape index (κ1) is 15.3. The van der Waals surface area contributed by atoms with Crippen molar-refractivity contribution in [2.24, 2.45) is 0 Å². The molecule has 102 valence electrons. The van der Waals surface area contributed by atoms with E-state index in [1.165, 1.54) is 23.1 Å². The molecule has 0 heterocycles. The zero-order chi connectivity index (χ0) is 14.1. The third-order valence-corrected chi connectivity index (χ3v) is 3.87. The summed E-state index contributed by atoms with van der Waals surface area (Å²) in [6.45, 7) is 18.4. The molecule has 0 fully saturated rings. The van der Waals surface area contributed by atoms with Crippen molar-refractivity contribution in [1.82, 2.24) is 0 Å². The van der Waals surface area contributed by atoms with Gasteiger partial charge in [0.05, 0.1) is 0 Å². The van der Waals surface area contributed by atoms with E-state index < -0.39 is 0 Å². The van der Waals surface area contributed by atoms with Crippen LogP contribution in [0.1, 0.15) is 84.4 Å². The van der Waals surface area contributed by atoms with Crippen LogP contribution in [0, 0.1) is 0 Å². The van der Waals surface area contributed by atoms with Crippen LogP contribution in [-0.4, -0.2) is 0 Å². The second kappa shape index (κ2) is 5.07. The van der Waals surface area contributed by atoms with Crippen LogP contribution >= 0.6 is 0 Å². The summed E-state index contributed by atoms with van der Waals surface area (Å²) in [4.78, 5) is 0. The Kier molecular flexibility index (Phi) is 4.30. The molecule has 18 heavy (non-hydrogen) atoms. The molecule has 0 amide bonds. The van der Waals surface area contributed by atoms with Crippen molar-refractivity contribution >= 4 is 0 Å². The molecule has 0 heteroatoms. The van der Waals surface area contributed by atoms with Gasteiger partial charge in [0, 0.05) is 0 Å². The van der Waals surface area contributed by atoms with Gasteiger partial charge in [0.2, 0.25) is 0 Å². The smallest absolute Gasteiger partial charge is 0.0132 e. The van der Waals surface area contributed by atoms with Crippen molar-refractivity contribution in [1.29, 1.82) is 0 Å². The van der Waals surface area contributed by atoms with E-state index in [9.17, 15) is 0 Å². The van der Waals surface area contributed by atoms with Gasteiger partial charge in [-0.05, 0) is 39.9 Å². The summed E-state index contributed by atoms with van der Waals surface area (Å²) in [5.74, 6) is 0.647. The summed E-state index contributed by atoms with van der Waals surface area (Å²) in [6.07, 6.45) is 1.21. The zero-order valence-electron chi connectivity index (χ0n) is 13.5. The minimum Gasteiger partial charge on any atom is -0.0648 e. The lowest BCUT2D eigenvalue weighted by molar-refractivity contribution is 0.564. The van der Waals surface area contributed by atoms with E-state index in [0.717, 1.165) is 0 Å². The fraction of sp³-hybridized carbons (Fsp3) is 0.667. The van der Waals surface area contributed by atoms with Gasteiger partial charge in [-0.3, -0.25) is 0 Å². The zero-order valence-corrected chi connectivity index (χ0v) is 13.5. The molecule has 0 saturated carbocycles. The Bertz CT molecular complexity index is 367. The molecule has 0 unspecified atom stereocenters. The highest BCUT2D eigenvalue weighted by molar-refractivity contribution is 5.38. The predicted octanol–water partition coefficient (Wildman–Crippen LogP) is 5.80. The molecule has 0 aromatic heterocycles. The maximum Gasteiger partial charge on any atom is -0.0132 e. The second-order valence-electron chi connectivity index (χ2n) is 7.65. The van der Waals surface area contributed by atoms with Crippen LogP contribution in [0.2, 0.25) is 0 Å². The minimum atomic E-state index is 0.226. The molecule has 1 aromatic rings. The predicted molar refractivity (Wildman–Crippen MR) is 82.5 cm³/mol. The van der Waals surface area contributed by atoms with E-state index >= 15 is 0 Å². The van der Waals surface area contributed by atoms with Gasteiger partial charge in [-0.1, -0.05) is 73.6 Å². The van der Waals surface area contributed by atoms with Crippen LogP contribution in [0.15, 0.2) is 18.2 Å². The molecule has 1 aromatic carbocycles. The largest absolute Gasteiger partial charge is 0.0648 e. The van der Waals surface area contributed by atoms with E-state index in [2.05, 4.69) is 73.6 Å². The summed E-state index contributed by atoms with van der Waals surface area (Å²) < 4.78 is 0. The van der Waals surface area contributed by atoms with Gasteiger partial charge in [0.25, 0.3) is 0 Å². The van der Waals surface area contributed by atoms with Crippen LogP contribution in [0.5, 0.6) is 0 Å². The van der Waals surface area contributed by atoms with Crippen molar-refractivity contribution in [2.45, 2.75) is 78.6 Å². The fourth-order valence-electron chi connectivity index (χ4n) is 2.04. The highest BCUT2D eigenvalue weighted by Crippen LogP contribution is 2.33. The van der Waals surface area contributed by atoms with Gasteiger partial charge in [-0.2, -0.15) is 0 Å². The monoisotopic (exact) mass is 246 g/mol. The maximum atomic E-state index is 2.41. The summed E-state index contributed by atoms with van der Waals surface area (Å²) in [5, 5.41) is 0. The van der Waals surface area contributed by atoms with Crippen molar-refractivity contribution in [3.05, 3.63) is 34.9 Å². The Morgan fingerprint density at radius 2 is 1.22 bits per heavy atom. The average molecular weight is 246 g/mol. The number of rotatable bonds is 2. The molecule has 0 bridgehead atoms. The summed E-state index contributed by atoms with van der Waals surface area (Å²) in [6, 6.07) is 7.21. The van der Waals surface area contributed by atoms with Gasteiger partial charge in [0.15, 0.2) is 0 Å². The topological polar surface area (TPSA) is 0 Å². The summed E-state index contributed by atoms with van der Waals surface area (Å²) in [7, 11) is 0. The average Bonchev–Trinajstić information content (AvgIpc) is 2.25. The molecule has 0 radical (unpaired) electrons. The first-order valence-electron chi connectivity index (χ1n) is 7.21. The molecule has 0 nitrogen and oxygen atoms in total. The van der Waals surface area contributed by atoms with Crippen molar-refractivity contribution < 1.29 is 0 Å². The van der Waals surface area contributed by atoms with Gasteiger partial charge < -0.3 is 0 Å². The third-order valence-electron chi connectivity index (χ3n) is 3.87. The maximum absolute atomic E-state index is 2.41. The molecule has 0 spiro atoms.